The van der Waals surface area contributed by atoms with Crippen LogP contribution in [0.25, 0.3) is 0 Å². The van der Waals surface area contributed by atoms with Crippen LogP contribution in [0.2, 0.25) is 0 Å². The van der Waals surface area contributed by atoms with Gasteiger partial charge >= 0.3 is 0 Å². The van der Waals surface area contributed by atoms with E-state index in [1.54, 1.807) is 11.4 Å². The second-order valence-electron chi connectivity index (χ2n) is 5.08. The van der Waals surface area contributed by atoms with E-state index in [-0.39, 0.29) is 12.5 Å². The molecule has 108 valence electrons. The Kier molecular flexibility index (Phi) is 5.53. The normalized spacial score (nSPS) is 19.5. The Morgan fingerprint density at radius 3 is 3.25 bits per heavy atom. The number of likely N-dealkylation sites (tertiary alicyclic amines) is 1. The Morgan fingerprint density at radius 1 is 1.65 bits per heavy atom. The largest absolute Gasteiger partial charge is 0.396 e. The number of carbonyl (C=O) groups is 1. The molecule has 0 aromatic carbocycles. The molecule has 0 radical (unpaired) electrons. The first kappa shape index (κ1) is 15.0. The number of nitrogens with zero attached hydrogens (tertiary/aromatic N) is 2. The highest BCUT2D eigenvalue weighted by molar-refractivity contribution is 7.14. The van der Waals surface area contributed by atoms with Crippen LogP contribution in [-0.4, -0.2) is 42.2 Å². The van der Waals surface area contributed by atoms with Gasteiger partial charge < -0.3 is 10.4 Å². The number of rotatable bonds is 5. The highest BCUT2D eigenvalue weighted by Gasteiger charge is 2.21. The maximum Gasteiger partial charge on any atom is 0.239 e. The van der Waals surface area contributed by atoms with Crippen molar-refractivity contribution in [2.75, 3.05) is 31.6 Å². The van der Waals surface area contributed by atoms with E-state index in [1.807, 2.05) is 0 Å². The molecule has 1 aromatic rings. The first-order valence-electron chi connectivity index (χ1n) is 6.83. The average Bonchev–Trinajstić information content (AvgIpc) is 2.86. The number of aliphatic hydroxyl groups excluding tert-OH is 1. The van der Waals surface area contributed by atoms with Gasteiger partial charge in [-0.25, -0.2) is 0 Å². The van der Waals surface area contributed by atoms with Crippen LogP contribution < -0.4 is 5.32 Å². The van der Waals surface area contributed by atoms with Crippen molar-refractivity contribution in [3.63, 3.8) is 0 Å². The molecule has 1 unspecified atom stereocenters. The summed E-state index contributed by atoms with van der Waals surface area (Å²) in [7, 11) is 0. The van der Waals surface area contributed by atoms with E-state index < -0.39 is 0 Å². The maximum absolute atomic E-state index is 12.0. The molecule has 0 bridgehead atoms. The highest BCUT2D eigenvalue weighted by Crippen LogP contribution is 2.23. The van der Waals surface area contributed by atoms with Gasteiger partial charge in [0.1, 0.15) is 11.1 Å². The van der Waals surface area contributed by atoms with E-state index in [0.29, 0.717) is 23.0 Å². The Labute approximate surface area is 122 Å². The van der Waals surface area contributed by atoms with E-state index in [9.17, 15) is 4.79 Å². The monoisotopic (exact) mass is 293 g/mol. The lowest BCUT2D eigenvalue weighted by Gasteiger charge is -2.31. The molecule has 1 aromatic heterocycles. The number of thiophene rings is 1. The molecule has 0 saturated carbocycles. The standard InChI is InChI=1S/C14H19N3O2S/c15-8-12-4-7-20-14(12)16-13(19)10-17-5-1-2-11(9-17)3-6-18/h4,7,11,18H,1-3,5-6,9-10H2,(H,16,19). The SMILES string of the molecule is N#Cc1ccsc1NC(=O)CN1CCCC(CCO)C1. The van der Waals surface area contributed by atoms with Crippen molar-refractivity contribution in [3.8, 4) is 6.07 Å². The lowest BCUT2D eigenvalue weighted by Crippen LogP contribution is -2.40. The average molecular weight is 293 g/mol. The number of amides is 1. The van der Waals surface area contributed by atoms with Gasteiger partial charge in [-0.15, -0.1) is 11.3 Å². The van der Waals surface area contributed by atoms with Crippen LogP contribution in [0.5, 0.6) is 0 Å². The molecule has 1 aliphatic heterocycles. The molecule has 20 heavy (non-hydrogen) atoms. The Morgan fingerprint density at radius 2 is 2.50 bits per heavy atom. The van der Waals surface area contributed by atoms with E-state index in [4.69, 9.17) is 10.4 Å². The summed E-state index contributed by atoms with van der Waals surface area (Å²) < 4.78 is 0. The van der Waals surface area contributed by atoms with Crippen LogP contribution >= 0.6 is 11.3 Å². The molecule has 6 heteroatoms. The van der Waals surface area contributed by atoms with Gasteiger partial charge in [0.25, 0.3) is 0 Å². The number of hydrogen-bond acceptors (Lipinski definition) is 5. The summed E-state index contributed by atoms with van der Waals surface area (Å²) in [4.78, 5) is 14.1. The third-order valence-corrected chi connectivity index (χ3v) is 4.38. The lowest BCUT2D eigenvalue weighted by molar-refractivity contribution is -0.117. The quantitative estimate of drug-likeness (QED) is 0.865. The lowest BCUT2D eigenvalue weighted by atomic mass is 9.95. The van der Waals surface area contributed by atoms with Crippen LogP contribution in [0, 0.1) is 17.2 Å². The van der Waals surface area contributed by atoms with Crippen molar-refractivity contribution in [2.24, 2.45) is 5.92 Å². The number of hydrogen-bond donors (Lipinski definition) is 2. The zero-order valence-electron chi connectivity index (χ0n) is 11.3. The van der Waals surface area contributed by atoms with Gasteiger partial charge in [0, 0.05) is 13.2 Å². The summed E-state index contributed by atoms with van der Waals surface area (Å²) in [5, 5.41) is 23.1. The van der Waals surface area contributed by atoms with Crippen molar-refractivity contribution in [1.82, 2.24) is 4.90 Å². The third-order valence-electron chi connectivity index (χ3n) is 3.55. The first-order valence-corrected chi connectivity index (χ1v) is 7.71. The van der Waals surface area contributed by atoms with Gasteiger partial charge in [-0.3, -0.25) is 9.69 Å². The molecule has 1 aliphatic rings. The molecular weight excluding hydrogens is 274 g/mol. The predicted molar refractivity (Wildman–Crippen MR) is 78.5 cm³/mol. The van der Waals surface area contributed by atoms with Crippen molar-refractivity contribution >= 4 is 22.2 Å². The van der Waals surface area contributed by atoms with Crippen LogP contribution in [-0.2, 0) is 4.79 Å². The number of nitriles is 1. The van der Waals surface area contributed by atoms with Gasteiger partial charge in [0.15, 0.2) is 0 Å². The van der Waals surface area contributed by atoms with Gasteiger partial charge in [-0.2, -0.15) is 5.26 Å². The number of piperidine rings is 1. The number of carbonyl (C=O) groups excluding carboxylic acids is 1. The summed E-state index contributed by atoms with van der Waals surface area (Å²) in [5.74, 6) is 0.409. The van der Waals surface area contributed by atoms with Gasteiger partial charge in [-0.05, 0) is 43.2 Å². The summed E-state index contributed by atoms with van der Waals surface area (Å²) in [6.45, 7) is 2.35. The molecule has 2 heterocycles. The topological polar surface area (TPSA) is 76.4 Å². The Balaban J connectivity index is 1.84. The second kappa shape index (κ2) is 7.39. The number of anilines is 1. The molecule has 5 nitrogen and oxygen atoms in total. The molecular formula is C14H19N3O2S. The molecule has 0 aliphatic carbocycles. The number of aliphatic hydroxyl groups is 1. The van der Waals surface area contributed by atoms with Crippen molar-refractivity contribution in [1.29, 1.82) is 5.26 Å². The fraction of sp³-hybridized carbons (Fsp3) is 0.571. The molecule has 2 rings (SSSR count). The minimum Gasteiger partial charge on any atom is -0.396 e. The predicted octanol–water partition coefficient (Wildman–Crippen LogP) is 1.65. The van der Waals surface area contributed by atoms with Crippen LogP contribution in [0.15, 0.2) is 11.4 Å². The zero-order chi connectivity index (χ0) is 14.4. The van der Waals surface area contributed by atoms with E-state index >= 15 is 0 Å². The molecule has 1 saturated heterocycles. The van der Waals surface area contributed by atoms with Crippen LogP contribution in [0.3, 0.4) is 0 Å². The first-order chi connectivity index (χ1) is 9.72. The van der Waals surface area contributed by atoms with E-state index in [0.717, 1.165) is 32.4 Å². The minimum atomic E-state index is -0.0754. The summed E-state index contributed by atoms with van der Waals surface area (Å²) in [6.07, 6.45) is 3.00. The maximum atomic E-state index is 12.0. The summed E-state index contributed by atoms with van der Waals surface area (Å²) in [6, 6.07) is 3.77. The van der Waals surface area contributed by atoms with Crippen LogP contribution in [0.1, 0.15) is 24.8 Å². The van der Waals surface area contributed by atoms with Crippen molar-refractivity contribution < 1.29 is 9.90 Å². The smallest absolute Gasteiger partial charge is 0.239 e. The third kappa shape index (κ3) is 4.04. The Bertz CT molecular complexity index is 493. The Hall–Kier alpha value is -1.42. The molecule has 1 atom stereocenters. The highest BCUT2D eigenvalue weighted by atomic mass is 32.1. The summed E-state index contributed by atoms with van der Waals surface area (Å²) in [5.41, 5.74) is 0.514. The van der Waals surface area contributed by atoms with Gasteiger partial charge in [-0.1, -0.05) is 0 Å². The molecule has 2 N–H and O–H groups in total. The van der Waals surface area contributed by atoms with Crippen LogP contribution in [0.4, 0.5) is 5.00 Å². The van der Waals surface area contributed by atoms with Gasteiger partial charge in [0.2, 0.25) is 5.91 Å². The van der Waals surface area contributed by atoms with E-state index in [2.05, 4.69) is 16.3 Å². The molecule has 1 amide bonds. The van der Waals surface area contributed by atoms with E-state index in [1.165, 1.54) is 11.3 Å². The van der Waals surface area contributed by atoms with Crippen molar-refractivity contribution in [2.45, 2.75) is 19.3 Å². The molecule has 1 fully saturated rings. The fourth-order valence-electron chi connectivity index (χ4n) is 2.58. The van der Waals surface area contributed by atoms with Crippen molar-refractivity contribution in [3.05, 3.63) is 17.0 Å². The molecule has 0 spiro atoms. The van der Waals surface area contributed by atoms with Gasteiger partial charge in [0.05, 0.1) is 12.1 Å². The second-order valence-corrected chi connectivity index (χ2v) is 6.00. The summed E-state index contributed by atoms with van der Waals surface area (Å²) >= 11 is 1.37. The minimum absolute atomic E-state index is 0.0754. The number of nitrogens with one attached hydrogen (secondary N) is 1. The fourth-order valence-corrected chi connectivity index (χ4v) is 3.33. The zero-order valence-corrected chi connectivity index (χ0v) is 12.2.